The van der Waals surface area contributed by atoms with Crippen molar-refractivity contribution in [1.82, 2.24) is 26.6 Å². The number of carboxylic acids is 1. The smallest absolute Gasteiger partial charge is 0.430 e. The molecule has 0 heterocycles. The summed E-state index contributed by atoms with van der Waals surface area (Å²) in [6.45, 7) is 6.60. The number of hydrogen-bond donors (Lipinski definition) is 8. The molecule has 19 nitrogen and oxygen atoms in total. The lowest BCUT2D eigenvalue weighted by molar-refractivity contribution is -0.409. The molecule has 0 saturated heterocycles. The van der Waals surface area contributed by atoms with Gasteiger partial charge in [-0.25, -0.2) is 8.42 Å². The third kappa shape index (κ3) is 19.4. The second kappa shape index (κ2) is 30.0. The number of amides is 5. The molecule has 0 aromatic heterocycles. The minimum Gasteiger partial charge on any atom is -0.542 e. The zero-order valence-electron chi connectivity index (χ0n) is 42.5. The van der Waals surface area contributed by atoms with Crippen molar-refractivity contribution in [3.63, 3.8) is 0 Å². The Balaban J connectivity index is 0.00000202. The monoisotopic (exact) mass is 1100 g/mol. The van der Waals surface area contributed by atoms with Crippen LogP contribution in [0.3, 0.4) is 0 Å². The molecule has 5 amide bonds. The number of nitrogens with one attached hydrogen (secondary N) is 5. The van der Waals surface area contributed by atoms with Gasteiger partial charge in [0.1, 0.15) is 49.9 Å². The number of carboxylic acid groups (broad SMARTS) is 1. The van der Waals surface area contributed by atoms with E-state index in [-0.39, 0.29) is 23.0 Å². The lowest BCUT2D eigenvalue weighted by atomic mass is 9.84. The van der Waals surface area contributed by atoms with Crippen molar-refractivity contribution in [2.24, 2.45) is 11.8 Å². The van der Waals surface area contributed by atoms with Gasteiger partial charge in [0.2, 0.25) is 23.6 Å². The summed E-state index contributed by atoms with van der Waals surface area (Å²) >= 11 is 1.34. The van der Waals surface area contributed by atoms with E-state index in [9.17, 15) is 60.6 Å². The number of carbonyl (C=O) groups is 7. The molecule has 0 radical (unpaired) electrons. The van der Waals surface area contributed by atoms with Crippen LogP contribution in [0.15, 0.2) is 126 Å². The number of esters is 1. The van der Waals surface area contributed by atoms with Gasteiger partial charge >= 0.3 is 12.1 Å². The molecule has 4 rings (SSSR count). The van der Waals surface area contributed by atoms with Crippen LogP contribution >= 0.6 is 11.8 Å². The number of carbonyl (C=O) groups excluding carboxylic acids is 7. The van der Waals surface area contributed by atoms with Crippen molar-refractivity contribution >= 4 is 63.1 Å². The number of thioether (sulfide) groups is 1. The molecule has 414 valence electrons. The Kier molecular flexibility index (Phi) is 25.1. The van der Waals surface area contributed by atoms with Crippen molar-refractivity contribution in [3.05, 3.63) is 138 Å². The number of aliphatic carboxylic acids is 1. The molecule has 0 bridgehead atoms. The number of ether oxygens (including phenoxy) is 1. The summed E-state index contributed by atoms with van der Waals surface area (Å²) in [5, 5.41) is 42.1. The molecule has 0 aliphatic rings. The first-order valence-electron chi connectivity index (χ1n) is 23.9. The molecule has 0 saturated carbocycles. The van der Waals surface area contributed by atoms with Crippen LogP contribution < -0.4 is 37.4 Å². The number of rotatable bonds is 26. The van der Waals surface area contributed by atoms with Crippen LogP contribution in [0.4, 0.5) is 13.2 Å². The molecule has 0 unspecified atom stereocenters. The number of hydrogen-bond acceptors (Lipinski definition) is 14. The van der Waals surface area contributed by atoms with Gasteiger partial charge in [-0.3, -0.25) is 28.8 Å². The first-order chi connectivity index (χ1) is 35.7. The number of halogens is 3. The van der Waals surface area contributed by atoms with Gasteiger partial charge in [-0.2, -0.15) is 13.2 Å². The van der Waals surface area contributed by atoms with Crippen LogP contribution in [0, 0.1) is 11.8 Å². The van der Waals surface area contributed by atoms with Crippen molar-refractivity contribution in [3.8, 4) is 0 Å². The molecule has 4 aromatic carbocycles. The predicted octanol–water partition coefficient (Wildman–Crippen LogP) is 0.769. The summed E-state index contributed by atoms with van der Waals surface area (Å²) < 4.78 is 60.9. The van der Waals surface area contributed by atoms with E-state index in [0.29, 0.717) is 0 Å². The highest BCUT2D eigenvalue weighted by atomic mass is 32.2. The van der Waals surface area contributed by atoms with Crippen molar-refractivity contribution in [1.29, 1.82) is 0 Å². The number of quaternary nitrogens is 1. The van der Waals surface area contributed by atoms with Gasteiger partial charge in [-0.15, -0.1) is 11.8 Å². The van der Waals surface area contributed by atoms with Gasteiger partial charge < -0.3 is 57.2 Å². The molecule has 6 atom stereocenters. The van der Waals surface area contributed by atoms with Crippen LogP contribution in [0.5, 0.6) is 0 Å². The fourth-order valence-corrected chi connectivity index (χ4v) is 9.95. The molecular weight excluding hydrogens is 1040 g/mol. The largest absolute Gasteiger partial charge is 0.542 e. The highest BCUT2D eigenvalue weighted by Gasteiger charge is 2.41. The highest BCUT2D eigenvalue weighted by molar-refractivity contribution is 8.00. The Bertz CT molecular complexity index is 2540. The van der Waals surface area contributed by atoms with E-state index in [1.54, 1.807) is 32.0 Å². The summed E-state index contributed by atoms with van der Waals surface area (Å²) in [5.41, 5.74) is 6.14. The Morgan fingerprint density at radius 3 is 1.51 bits per heavy atom. The van der Waals surface area contributed by atoms with E-state index in [4.69, 9.17) is 14.6 Å². The van der Waals surface area contributed by atoms with E-state index in [1.165, 1.54) is 30.8 Å². The molecular formula is C52H65F3N6O13S2. The van der Waals surface area contributed by atoms with Gasteiger partial charge in [-0.05, 0) is 54.0 Å². The normalized spacial score (nSPS) is 14.0. The fourth-order valence-electron chi connectivity index (χ4n) is 7.28. The SMILES string of the molecule is CC(C)C[C@H](NC(=O)[C@@H](NC(=O)[C@H](CSC(c1ccccc1)(c1ccccc1)c1ccccc1)NC(=O)[C@@H](NC(=O)[C@@H]([NH3+])CO)[C@@H](C)O)C(C)C)C(=O)NCC(=O)OCCS(=O)(=O)c1ccccc1.O=C([O-])C(F)(F)F. The maximum atomic E-state index is 14.7. The van der Waals surface area contributed by atoms with Gasteiger partial charge in [0.25, 0.3) is 5.91 Å². The molecule has 24 heteroatoms. The maximum absolute atomic E-state index is 14.7. The van der Waals surface area contributed by atoms with E-state index in [2.05, 4.69) is 32.3 Å². The van der Waals surface area contributed by atoms with E-state index in [1.807, 2.05) is 105 Å². The van der Waals surface area contributed by atoms with Gasteiger partial charge in [0, 0.05) is 5.75 Å². The number of aliphatic hydroxyl groups is 2. The fraction of sp³-hybridized carbons (Fsp3) is 0.404. The van der Waals surface area contributed by atoms with E-state index in [0.717, 1.165) is 16.7 Å². The summed E-state index contributed by atoms with van der Waals surface area (Å²) in [7, 11) is -3.72. The molecule has 76 heavy (non-hydrogen) atoms. The molecule has 0 aliphatic heterocycles. The van der Waals surface area contributed by atoms with Crippen molar-refractivity contribution < 1.29 is 80.9 Å². The number of aliphatic hydroxyl groups excluding tert-OH is 2. The summed E-state index contributed by atoms with van der Waals surface area (Å²) in [6, 6.07) is 29.9. The zero-order chi connectivity index (χ0) is 56.8. The van der Waals surface area contributed by atoms with Gasteiger partial charge in [0.05, 0.1) is 21.5 Å². The predicted molar refractivity (Wildman–Crippen MR) is 273 cm³/mol. The molecule has 4 aromatic rings. The van der Waals surface area contributed by atoms with Crippen LogP contribution in [0.25, 0.3) is 0 Å². The third-order valence-corrected chi connectivity index (χ3v) is 14.6. The second-order valence-corrected chi connectivity index (χ2v) is 21.4. The molecule has 10 N–H and O–H groups in total. The first kappa shape index (κ1) is 63.4. The lowest BCUT2D eigenvalue weighted by Crippen LogP contribution is -2.71. The Morgan fingerprint density at radius 1 is 0.658 bits per heavy atom. The van der Waals surface area contributed by atoms with Crippen LogP contribution in [0.1, 0.15) is 57.7 Å². The molecule has 0 aliphatic carbocycles. The van der Waals surface area contributed by atoms with E-state index >= 15 is 0 Å². The standard InChI is InChI=1S/C50H64N6O11S2.C2HF3O2/c1-32(2)28-40(46(61)52-29-42(59)67-26-27-69(65,66)38-24-16-9-17-25-38)53-48(63)43(33(3)4)55-47(62)41(54-49(64)44(34(5)58)56-45(60)39(51)30-57)31-68-50(35-18-10-6-11-19-35,36-20-12-7-13-21-36)37-22-14-8-15-23-37;3-2(4,5)1(6)7/h6-25,32-34,39-41,43-44,57-58H,26-31,51H2,1-5H3,(H,52,61)(H,53,63)(H,54,64)(H,55,62)(H,56,60);(H,6,7)/t34-,39+,40+,41+,43+,44+;/m1./s1. The first-order valence-corrected chi connectivity index (χ1v) is 26.5. The number of sulfone groups is 1. The topological polar surface area (TPSA) is 314 Å². The Hall–Kier alpha value is -6.86. The molecule has 0 fully saturated rings. The lowest BCUT2D eigenvalue weighted by Gasteiger charge is -2.37. The summed E-state index contributed by atoms with van der Waals surface area (Å²) in [4.78, 5) is 90.8. The average Bonchev–Trinajstić information content (AvgIpc) is 3.38. The maximum Gasteiger partial charge on any atom is 0.430 e. The van der Waals surface area contributed by atoms with Crippen LogP contribution in [-0.2, 0) is 52.9 Å². The van der Waals surface area contributed by atoms with E-state index < -0.39 is 130 Å². The van der Waals surface area contributed by atoms with Gasteiger partial charge in [0.15, 0.2) is 15.9 Å². The van der Waals surface area contributed by atoms with Crippen molar-refractivity contribution in [2.75, 3.05) is 31.3 Å². The third-order valence-electron chi connectivity index (χ3n) is 11.2. The quantitative estimate of drug-likeness (QED) is 0.0318. The second-order valence-electron chi connectivity index (χ2n) is 18.0. The van der Waals surface area contributed by atoms with Gasteiger partial charge in [-0.1, -0.05) is 137 Å². The Labute approximate surface area is 443 Å². The van der Waals surface area contributed by atoms with Crippen molar-refractivity contribution in [2.45, 2.75) is 93.2 Å². The summed E-state index contributed by atoms with van der Waals surface area (Å²) in [6.07, 6.45) is -6.52. The zero-order valence-corrected chi connectivity index (χ0v) is 44.1. The van der Waals surface area contributed by atoms with Crippen LogP contribution in [0.2, 0.25) is 0 Å². The van der Waals surface area contributed by atoms with Crippen LogP contribution in [-0.4, -0.2) is 134 Å². The average molecular weight is 1100 g/mol. The number of alkyl halides is 3. The number of benzene rings is 4. The minimum atomic E-state index is -5.19. The summed E-state index contributed by atoms with van der Waals surface area (Å²) in [5.74, 6) is -9.19. The minimum absolute atomic E-state index is 0.0748. The highest BCUT2D eigenvalue weighted by Crippen LogP contribution is 2.48. The Morgan fingerprint density at radius 2 is 1.09 bits per heavy atom. The molecule has 0 spiro atoms.